The predicted molar refractivity (Wildman–Crippen MR) is 144 cm³/mol. The largest absolute Gasteiger partial charge is 0.490 e. The first-order chi connectivity index (χ1) is 18.5. The fourth-order valence-corrected chi connectivity index (χ4v) is 5.14. The quantitative estimate of drug-likeness (QED) is 0.184. The molecule has 2 heterocycles. The van der Waals surface area contributed by atoms with E-state index >= 15 is 0 Å². The van der Waals surface area contributed by atoms with E-state index in [4.69, 9.17) is 14.0 Å². The number of rotatable bonds is 8. The molecule has 0 atom stereocenters. The zero-order chi connectivity index (χ0) is 26.6. The van der Waals surface area contributed by atoms with Gasteiger partial charge >= 0.3 is 5.69 Å². The Morgan fingerprint density at radius 2 is 1.71 bits per heavy atom. The van der Waals surface area contributed by atoms with Crippen LogP contribution in [-0.2, 0) is 4.79 Å². The highest BCUT2D eigenvalue weighted by atomic mass is 32.2. The van der Waals surface area contributed by atoms with E-state index < -0.39 is 4.92 Å². The maximum Gasteiger partial charge on any atom is 0.338 e. The zero-order valence-corrected chi connectivity index (χ0v) is 21.4. The molecule has 3 aromatic carbocycles. The smallest absolute Gasteiger partial charge is 0.338 e. The van der Waals surface area contributed by atoms with Gasteiger partial charge in [-0.2, -0.15) is 0 Å². The molecule has 0 saturated heterocycles. The fraction of sp³-hybridized carbons (Fsp3) is 0.143. The standard InChI is InChI=1S/C28H23N3O6S/c1-3-35-24-16-19(13-15-23-28(31(33)34)18(2)29-37-23)12-14-22(24)36-17-27(32)30-20-8-4-6-10-25(20)38-26-11-7-5-9-21(26)30/h4-16H,3,17H2,1-2H3/b15-13+. The Hall–Kier alpha value is -4.57. The summed E-state index contributed by atoms with van der Waals surface area (Å²) in [6.07, 6.45) is 3.14. The van der Waals surface area contributed by atoms with Crippen molar-refractivity contribution in [2.24, 2.45) is 0 Å². The van der Waals surface area contributed by atoms with E-state index in [1.165, 1.54) is 13.0 Å². The van der Waals surface area contributed by atoms with Crippen molar-refractivity contribution in [3.8, 4) is 11.5 Å². The summed E-state index contributed by atoms with van der Waals surface area (Å²) in [5.41, 5.74) is 2.35. The SMILES string of the molecule is CCOc1cc(/C=C/c2onc(C)c2[N+](=O)[O-])ccc1OCC(=O)N1c2ccccc2Sc2ccccc21. The third kappa shape index (κ3) is 4.98. The minimum Gasteiger partial charge on any atom is -0.490 e. The molecule has 0 fully saturated rings. The first-order valence-corrected chi connectivity index (χ1v) is 12.6. The van der Waals surface area contributed by atoms with Gasteiger partial charge in [-0.15, -0.1) is 0 Å². The second-order valence-corrected chi connectivity index (χ2v) is 9.35. The lowest BCUT2D eigenvalue weighted by atomic mass is 10.1. The molecule has 38 heavy (non-hydrogen) atoms. The first kappa shape index (κ1) is 25.1. The molecule has 1 aliphatic rings. The molecule has 0 spiro atoms. The number of nitrogens with zero attached hydrogens (tertiary/aromatic N) is 3. The molecule has 1 amide bonds. The number of anilines is 2. The number of carbonyl (C=O) groups excluding carboxylic acids is 1. The molecular weight excluding hydrogens is 506 g/mol. The third-order valence-electron chi connectivity index (χ3n) is 5.77. The van der Waals surface area contributed by atoms with Crippen LogP contribution in [0.25, 0.3) is 12.2 Å². The molecule has 5 rings (SSSR count). The molecule has 0 aliphatic carbocycles. The third-order valence-corrected chi connectivity index (χ3v) is 6.90. The van der Waals surface area contributed by atoms with Gasteiger partial charge in [0.1, 0.15) is 0 Å². The maximum atomic E-state index is 13.4. The second kappa shape index (κ2) is 10.8. The minimum atomic E-state index is -0.525. The topological polar surface area (TPSA) is 108 Å². The Bertz CT molecular complexity index is 1500. The molecule has 0 N–H and O–H groups in total. The van der Waals surface area contributed by atoms with E-state index in [0.717, 1.165) is 21.2 Å². The lowest BCUT2D eigenvalue weighted by molar-refractivity contribution is -0.386. The number of ether oxygens (including phenoxy) is 2. The van der Waals surface area contributed by atoms with Crippen LogP contribution in [0.2, 0.25) is 0 Å². The zero-order valence-electron chi connectivity index (χ0n) is 20.6. The normalized spacial score (nSPS) is 12.2. The van der Waals surface area contributed by atoms with E-state index in [2.05, 4.69) is 5.16 Å². The van der Waals surface area contributed by atoms with Crippen LogP contribution in [0.4, 0.5) is 17.1 Å². The van der Waals surface area contributed by atoms with Gasteiger partial charge in [-0.1, -0.05) is 53.3 Å². The van der Waals surface area contributed by atoms with Crippen LogP contribution in [0.3, 0.4) is 0 Å². The number of fused-ring (bicyclic) bond motifs is 2. The summed E-state index contributed by atoms with van der Waals surface area (Å²) in [5, 5.41) is 14.9. The summed E-state index contributed by atoms with van der Waals surface area (Å²) in [6.45, 7) is 3.54. The Balaban J connectivity index is 1.36. The van der Waals surface area contributed by atoms with Crippen molar-refractivity contribution in [1.29, 1.82) is 0 Å². The molecule has 4 aromatic rings. The van der Waals surface area contributed by atoms with Gasteiger partial charge in [0.25, 0.3) is 5.91 Å². The van der Waals surface area contributed by atoms with E-state index in [9.17, 15) is 14.9 Å². The predicted octanol–water partition coefficient (Wildman–Crippen LogP) is 6.67. The molecule has 0 radical (unpaired) electrons. The van der Waals surface area contributed by atoms with Gasteiger partial charge in [-0.05, 0) is 61.9 Å². The van der Waals surface area contributed by atoms with Crippen molar-refractivity contribution in [2.75, 3.05) is 18.1 Å². The molecule has 0 unspecified atom stereocenters. The molecular formula is C28H23N3O6S. The highest BCUT2D eigenvalue weighted by molar-refractivity contribution is 7.99. The Morgan fingerprint density at radius 3 is 2.37 bits per heavy atom. The Morgan fingerprint density at radius 1 is 1.03 bits per heavy atom. The number of aromatic nitrogens is 1. The molecule has 0 bridgehead atoms. The van der Waals surface area contributed by atoms with Crippen molar-refractivity contribution in [3.63, 3.8) is 0 Å². The Kier molecular flexibility index (Phi) is 7.14. The summed E-state index contributed by atoms with van der Waals surface area (Å²) in [5.74, 6) is 0.689. The van der Waals surface area contributed by atoms with Crippen molar-refractivity contribution >= 4 is 46.9 Å². The summed E-state index contributed by atoms with van der Waals surface area (Å²) >= 11 is 1.63. The van der Waals surface area contributed by atoms with E-state index in [1.807, 2.05) is 55.5 Å². The molecule has 9 nitrogen and oxygen atoms in total. The number of para-hydroxylation sites is 2. The van der Waals surface area contributed by atoms with Crippen LogP contribution < -0.4 is 14.4 Å². The number of amides is 1. The van der Waals surface area contributed by atoms with Gasteiger partial charge in [0.2, 0.25) is 5.76 Å². The number of hydrogen-bond donors (Lipinski definition) is 0. The van der Waals surface area contributed by atoms with Crippen LogP contribution in [-0.4, -0.2) is 29.2 Å². The van der Waals surface area contributed by atoms with Gasteiger partial charge in [-0.25, -0.2) is 0 Å². The van der Waals surface area contributed by atoms with Gasteiger partial charge in [0, 0.05) is 9.79 Å². The van der Waals surface area contributed by atoms with E-state index in [1.54, 1.807) is 40.9 Å². The fourth-order valence-electron chi connectivity index (χ4n) is 4.08. The average Bonchev–Trinajstić information content (AvgIpc) is 3.30. The van der Waals surface area contributed by atoms with Crippen molar-refractivity contribution in [1.82, 2.24) is 5.16 Å². The number of carbonyl (C=O) groups is 1. The highest BCUT2D eigenvalue weighted by Gasteiger charge is 2.28. The molecule has 0 saturated carbocycles. The van der Waals surface area contributed by atoms with Gasteiger partial charge in [0.15, 0.2) is 23.8 Å². The maximum absolute atomic E-state index is 13.4. The summed E-state index contributed by atoms with van der Waals surface area (Å²) in [4.78, 5) is 27.9. The van der Waals surface area contributed by atoms with Crippen LogP contribution in [0.1, 0.15) is 23.9 Å². The van der Waals surface area contributed by atoms with Crippen LogP contribution in [0.5, 0.6) is 11.5 Å². The van der Waals surface area contributed by atoms with Crippen molar-refractivity contribution in [2.45, 2.75) is 23.6 Å². The summed E-state index contributed by atoms with van der Waals surface area (Å²) in [7, 11) is 0. The monoisotopic (exact) mass is 529 g/mol. The van der Waals surface area contributed by atoms with Gasteiger partial charge in [-0.3, -0.25) is 19.8 Å². The highest BCUT2D eigenvalue weighted by Crippen LogP contribution is 2.48. The molecule has 1 aromatic heterocycles. The molecule has 1 aliphatic heterocycles. The molecule has 192 valence electrons. The first-order valence-electron chi connectivity index (χ1n) is 11.8. The van der Waals surface area contributed by atoms with Crippen LogP contribution >= 0.6 is 11.8 Å². The van der Waals surface area contributed by atoms with Crippen LogP contribution in [0.15, 0.2) is 81.0 Å². The van der Waals surface area contributed by atoms with Gasteiger partial charge in [0.05, 0.1) is 22.9 Å². The van der Waals surface area contributed by atoms with Crippen molar-refractivity contribution in [3.05, 3.63) is 93.9 Å². The summed E-state index contributed by atoms with van der Waals surface area (Å²) < 4.78 is 16.8. The number of nitro groups is 1. The van der Waals surface area contributed by atoms with E-state index in [-0.39, 0.29) is 29.7 Å². The number of aryl methyl sites for hydroxylation is 1. The van der Waals surface area contributed by atoms with Crippen LogP contribution in [0, 0.1) is 17.0 Å². The Labute approximate surface area is 222 Å². The lowest BCUT2D eigenvalue weighted by Gasteiger charge is -2.31. The number of benzene rings is 3. The number of hydrogen-bond acceptors (Lipinski definition) is 8. The second-order valence-electron chi connectivity index (χ2n) is 8.27. The lowest BCUT2D eigenvalue weighted by Crippen LogP contribution is -2.32. The summed E-state index contributed by atoms with van der Waals surface area (Å²) in [6, 6.07) is 20.7. The van der Waals surface area contributed by atoms with Crippen molar-refractivity contribution < 1.29 is 23.7 Å². The van der Waals surface area contributed by atoms with Gasteiger partial charge < -0.3 is 14.0 Å². The minimum absolute atomic E-state index is 0.0524. The molecule has 10 heteroatoms. The van der Waals surface area contributed by atoms with E-state index in [0.29, 0.717) is 23.7 Å². The average molecular weight is 530 g/mol.